The van der Waals surface area contributed by atoms with Crippen molar-refractivity contribution in [3.63, 3.8) is 0 Å². The van der Waals surface area contributed by atoms with Crippen molar-refractivity contribution in [2.75, 3.05) is 11.9 Å². The number of nitrogens with one attached hydrogen (secondary N) is 1. The molecule has 9 heteroatoms. The lowest BCUT2D eigenvalue weighted by Crippen LogP contribution is -2.21. The summed E-state index contributed by atoms with van der Waals surface area (Å²) >= 11 is 1.31. The Balaban J connectivity index is 1.38. The number of hydrogen-bond donors (Lipinski definition) is 1. The maximum absolute atomic E-state index is 12.4. The molecule has 3 aromatic heterocycles. The van der Waals surface area contributed by atoms with Crippen molar-refractivity contribution in [2.45, 2.75) is 13.8 Å². The number of carbonyl (C=O) groups excluding carboxylic acids is 2. The Morgan fingerprint density at radius 3 is 2.79 bits per heavy atom. The highest BCUT2D eigenvalue weighted by molar-refractivity contribution is 7.14. The Labute approximate surface area is 170 Å². The van der Waals surface area contributed by atoms with Gasteiger partial charge in [0.1, 0.15) is 5.56 Å². The van der Waals surface area contributed by atoms with Crippen LogP contribution in [0.5, 0.6) is 0 Å². The van der Waals surface area contributed by atoms with E-state index in [1.165, 1.54) is 15.9 Å². The zero-order chi connectivity index (χ0) is 20.4. The summed E-state index contributed by atoms with van der Waals surface area (Å²) in [5.74, 6) is -1.11. The van der Waals surface area contributed by atoms with E-state index in [9.17, 15) is 9.59 Å². The fourth-order valence-corrected chi connectivity index (χ4v) is 3.52. The van der Waals surface area contributed by atoms with Crippen LogP contribution in [0.2, 0.25) is 0 Å². The lowest BCUT2D eigenvalue weighted by atomic mass is 10.1. The maximum Gasteiger partial charge on any atom is 0.344 e. The summed E-state index contributed by atoms with van der Waals surface area (Å²) in [5, 5.41) is 9.16. The molecule has 3 heterocycles. The first-order valence-electron chi connectivity index (χ1n) is 8.81. The normalized spacial score (nSPS) is 10.8. The number of amides is 1. The number of rotatable bonds is 5. The van der Waals surface area contributed by atoms with Gasteiger partial charge in [-0.2, -0.15) is 5.10 Å². The van der Waals surface area contributed by atoms with Gasteiger partial charge in [0.15, 0.2) is 17.4 Å². The van der Waals surface area contributed by atoms with Gasteiger partial charge in [0.25, 0.3) is 5.91 Å². The summed E-state index contributed by atoms with van der Waals surface area (Å²) in [5.41, 5.74) is 4.02. The second-order valence-corrected chi connectivity index (χ2v) is 7.23. The van der Waals surface area contributed by atoms with Crippen LogP contribution in [0.15, 0.2) is 48.1 Å². The molecule has 0 spiro atoms. The third kappa shape index (κ3) is 3.99. The Kier molecular flexibility index (Phi) is 5.05. The summed E-state index contributed by atoms with van der Waals surface area (Å²) in [6, 6.07) is 9.67. The van der Waals surface area contributed by atoms with Crippen molar-refractivity contribution in [3.05, 3.63) is 64.9 Å². The molecule has 146 valence electrons. The van der Waals surface area contributed by atoms with E-state index < -0.39 is 18.5 Å². The average molecular weight is 407 g/mol. The second kappa shape index (κ2) is 7.80. The number of esters is 1. The fourth-order valence-electron chi connectivity index (χ4n) is 2.78. The Hall–Kier alpha value is -3.59. The molecular weight excluding hydrogens is 390 g/mol. The molecule has 0 aliphatic heterocycles. The third-order valence-corrected chi connectivity index (χ3v) is 4.96. The average Bonchev–Trinajstić information content (AvgIpc) is 3.30. The van der Waals surface area contributed by atoms with E-state index in [1.54, 1.807) is 25.4 Å². The predicted molar refractivity (Wildman–Crippen MR) is 109 cm³/mol. The number of carbonyl (C=O) groups is 2. The summed E-state index contributed by atoms with van der Waals surface area (Å²) in [7, 11) is 0. The van der Waals surface area contributed by atoms with Gasteiger partial charge in [-0.15, -0.1) is 11.3 Å². The quantitative estimate of drug-likeness (QED) is 0.510. The number of anilines is 1. The van der Waals surface area contributed by atoms with Crippen molar-refractivity contribution < 1.29 is 14.3 Å². The zero-order valence-corrected chi connectivity index (χ0v) is 16.6. The number of aryl methyl sites for hydroxylation is 2. The molecular formula is C20H17N5O3S. The fraction of sp³-hybridized carbons (Fsp3) is 0.150. The minimum Gasteiger partial charge on any atom is -0.452 e. The molecule has 1 amide bonds. The number of nitrogens with zero attached hydrogens (tertiary/aromatic N) is 4. The van der Waals surface area contributed by atoms with Gasteiger partial charge < -0.3 is 4.74 Å². The number of thiazole rings is 1. The van der Waals surface area contributed by atoms with Crippen LogP contribution >= 0.6 is 11.3 Å². The molecule has 0 radical (unpaired) electrons. The van der Waals surface area contributed by atoms with E-state index in [1.807, 2.05) is 36.6 Å². The SMILES string of the molecule is Cc1ccc(-c2csc(NC(=O)COC(=O)c3c(C)nn4cccnc34)n2)cc1. The molecule has 0 saturated carbocycles. The third-order valence-electron chi connectivity index (χ3n) is 4.21. The summed E-state index contributed by atoms with van der Waals surface area (Å²) in [4.78, 5) is 33.1. The largest absolute Gasteiger partial charge is 0.452 e. The molecule has 0 aliphatic rings. The van der Waals surface area contributed by atoms with Gasteiger partial charge in [0.05, 0.1) is 11.4 Å². The minimum absolute atomic E-state index is 0.245. The van der Waals surface area contributed by atoms with Crippen LogP contribution in [0, 0.1) is 13.8 Å². The van der Waals surface area contributed by atoms with Gasteiger partial charge in [-0.1, -0.05) is 29.8 Å². The molecule has 0 unspecified atom stereocenters. The van der Waals surface area contributed by atoms with Crippen LogP contribution < -0.4 is 5.32 Å². The Morgan fingerprint density at radius 1 is 1.21 bits per heavy atom. The summed E-state index contributed by atoms with van der Waals surface area (Å²) < 4.78 is 6.64. The Morgan fingerprint density at radius 2 is 2.00 bits per heavy atom. The molecule has 1 aromatic carbocycles. The first-order chi connectivity index (χ1) is 14.0. The molecule has 0 fully saturated rings. The molecule has 0 atom stereocenters. The van der Waals surface area contributed by atoms with Crippen LogP contribution in [0.4, 0.5) is 5.13 Å². The van der Waals surface area contributed by atoms with Crippen LogP contribution in [0.3, 0.4) is 0 Å². The molecule has 0 aliphatic carbocycles. The van der Waals surface area contributed by atoms with Gasteiger partial charge in [-0.25, -0.2) is 19.3 Å². The van der Waals surface area contributed by atoms with E-state index in [0.717, 1.165) is 16.8 Å². The lowest BCUT2D eigenvalue weighted by molar-refractivity contribution is -0.119. The second-order valence-electron chi connectivity index (χ2n) is 6.38. The topological polar surface area (TPSA) is 98.5 Å². The van der Waals surface area contributed by atoms with Crippen molar-refractivity contribution in [1.82, 2.24) is 19.6 Å². The van der Waals surface area contributed by atoms with Gasteiger partial charge in [0.2, 0.25) is 0 Å². The number of aromatic nitrogens is 4. The molecule has 0 bridgehead atoms. The zero-order valence-electron chi connectivity index (χ0n) is 15.7. The van der Waals surface area contributed by atoms with Gasteiger partial charge in [0, 0.05) is 23.3 Å². The Bertz CT molecular complexity index is 1200. The highest BCUT2D eigenvalue weighted by Gasteiger charge is 2.20. The summed E-state index contributed by atoms with van der Waals surface area (Å²) in [6.07, 6.45) is 3.25. The number of fused-ring (bicyclic) bond motifs is 1. The monoisotopic (exact) mass is 407 g/mol. The molecule has 4 aromatic rings. The van der Waals surface area contributed by atoms with Crippen molar-refractivity contribution in [3.8, 4) is 11.3 Å². The van der Waals surface area contributed by atoms with Crippen molar-refractivity contribution in [1.29, 1.82) is 0 Å². The predicted octanol–water partition coefficient (Wildman–Crippen LogP) is 3.27. The smallest absolute Gasteiger partial charge is 0.344 e. The van der Waals surface area contributed by atoms with Gasteiger partial charge in [-0.3, -0.25) is 10.1 Å². The molecule has 8 nitrogen and oxygen atoms in total. The lowest BCUT2D eigenvalue weighted by Gasteiger charge is -2.04. The molecule has 0 saturated heterocycles. The first-order valence-corrected chi connectivity index (χ1v) is 9.69. The number of ether oxygens (including phenoxy) is 1. The van der Waals surface area contributed by atoms with E-state index in [2.05, 4.69) is 20.4 Å². The van der Waals surface area contributed by atoms with Crippen LogP contribution in [0.1, 0.15) is 21.6 Å². The molecule has 29 heavy (non-hydrogen) atoms. The van der Waals surface area contributed by atoms with E-state index >= 15 is 0 Å². The molecule has 1 N–H and O–H groups in total. The van der Waals surface area contributed by atoms with Gasteiger partial charge >= 0.3 is 5.97 Å². The minimum atomic E-state index is -0.647. The van der Waals surface area contributed by atoms with E-state index in [4.69, 9.17) is 4.74 Å². The number of benzene rings is 1. The number of hydrogen-bond acceptors (Lipinski definition) is 7. The van der Waals surface area contributed by atoms with Crippen molar-refractivity contribution in [2.24, 2.45) is 0 Å². The van der Waals surface area contributed by atoms with Crippen LogP contribution in [0.25, 0.3) is 16.9 Å². The van der Waals surface area contributed by atoms with E-state index in [-0.39, 0.29) is 5.56 Å². The standard InChI is InChI=1S/C20H17N5O3S/c1-12-4-6-14(7-5-12)15-11-29-20(22-15)23-16(26)10-28-19(27)17-13(2)24-25-9-3-8-21-18(17)25/h3-9,11H,10H2,1-2H3,(H,22,23,26). The highest BCUT2D eigenvalue weighted by atomic mass is 32.1. The van der Waals surface area contributed by atoms with Crippen LogP contribution in [-0.2, 0) is 9.53 Å². The summed E-state index contributed by atoms with van der Waals surface area (Å²) in [6.45, 7) is 3.28. The maximum atomic E-state index is 12.4. The van der Waals surface area contributed by atoms with E-state index in [0.29, 0.717) is 16.5 Å². The van der Waals surface area contributed by atoms with Crippen molar-refractivity contribution >= 4 is 34.0 Å². The van der Waals surface area contributed by atoms with Gasteiger partial charge in [-0.05, 0) is 19.9 Å². The van der Waals surface area contributed by atoms with Crippen LogP contribution in [-0.4, -0.2) is 38.1 Å². The first kappa shape index (κ1) is 18.8. The molecule has 4 rings (SSSR count). The highest BCUT2D eigenvalue weighted by Crippen LogP contribution is 2.25.